The second-order valence-corrected chi connectivity index (χ2v) is 5.33. The monoisotopic (exact) mass is 253 g/mol. The van der Waals surface area contributed by atoms with Crippen LogP contribution in [0.1, 0.15) is 31.2 Å². The maximum Gasteiger partial charge on any atom is 0.0991 e. The van der Waals surface area contributed by atoms with Crippen molar-refractivity contribution in [3.63, 3.8) is 0 Å². The Labute approximate surface area is 113 Å². The summed E-state index contributed by atoms with van der Waals surface area (Å²) in [6.07, 6.45) is 7.53. The van der Waals surface area contributed by atoms with Crippen molar-refractivity contribution in [3.05, 3.63) is 36.0 Å². The van der Waals surface area contributed by atoms with Crippen molar-refractivity contribution >= 4 is 10.9 Å². The van der Waals surface area contributed by atoms with Gasteiger partial charge in [0.05, 0.1) is 11.6 Å². The summed E-state index contributed by atoms with van der Waals surface area (Å²) in [6.45, 7) is 2.01. The van der Waals surface area contributed by atoms with Crippen molar-refractivity contribution in [2.45, 2.75) is 38.3 Å². The van der Waals surface area contributed by atoms with Gasteiger partial charge in [0, 0.05) is 36.2 Å². The molecule has 98 valence electrons. The smallest absolute Gasteiger partial charge is 0.0991 e. The summed E-state index contributed by atoms with van der Waals surface area (Å²) >= 11 is 0. The van der Waals surface area contributed by atoms with Crippen LogP contribution in [-0.4, -0.2) is 17.2 Å². The molecule has 2 aromatic rings. The van der Waals surface area contributed by atoms with Gasteiger partial charge in [-0.1, -0.05) is 12.8 Å². The lowest BCUT2D eigenvalue weighted by Gasteiger charge is -2.12. The number of nitrogens with zero attached hydrogens (tertiary/aromatic N) is 2. The summed E-state index contributed by atoms with van der Waals surface area (Å²) in [7, 11) is 0. The molecule has 0 amide bonds. The lowest BCUT2D eigenvalue weighted by molar-refractivity contribution is 0.501. The quantitative estimate of drug-likeness (QED) is 0.909. The minimum atomic E-state index is 0.729. The third kappa shape index (κ3) is 2.64. The lowest BCUT2D eigenvalue weighted by atomic mass is 10.2. The lowest BCUT2D eigenvalue weighted by Crippen LogP contribution is -2.29. The van der Waals surface area contributed by atoms with Crippen LogP contribution < -0.4 is 5.32 Å². The summed E-state index contributed by atoms with van der Waals surface area (Å²) in [5.41, 5.74) is 1.95. The highest BCUT2D eigenvalue weighted by molar-refractivity contribution is 5.81. The Bertz CT molecular complexity index is 600. The fourth-order valence-corrected chi connectivity index (χ4v) is 2.98. The van der Waals surface area contributed by atoms with E-state index in [-0.39, 0.29) is 0 Å². The first-order chi connectivity index (χ1) is 9.36. The number of fused-ring (bicyclic) bond motifs is 1. The summed E-state index contributed by atoms with van der Waals surface area (Å²) < 4.78 is 2.26. The van der Waals surface area contributed by atoms with Crippen molar-refractivity contribution in [3.8, 4) is 6.07 Å². The van der Waals surface area contributed by atoms with Crippen LogP contribution in [0.5, 0.6) is 0 Å². The number of nitriles is 1. The molecule has 0 bridgehead atoms. The molecule has 0 atom stereocenters. The molecule has 1 saturated carbocycles. The van der Waals surface area contributed by atoms with Gasteiger partial charge in [0.25, 0.3) is 0 Å². The highest BCUT2D eigenvalue weighted by Crippen LogP contribution is 2.19. The third-order valence-corrected chi connectivity index (χ3v) is 4.04. The van der Waals surface area contributed by atoms with E-state index in [0.29, 0.717) is 0 Å². The van der Waals surface area contributed by atoms with Crippen LogP contribution in [0.2, 0.25) is 0 Å². The predicted octanol–water partition coefficient (Wildman–Crippen LogP) is 3.05. The van der Waals surface area contributed by atoms with Crippen molar-refractivity contribution in [2.75, 3.05) is 6.54 Å². The molecule has 3 rings (SSSR count). The molecule has 0 saturated heterocycles. The van der Waals surface area contributed by atoms with Gasteiger partial charge in [0.15, 0.2) is 0 Å². The van der Waals surface area contributed by atoms with Crippen molar-refractivity contribution < 1.29 is 0 Å². The molecule has 1 aliphatic carbocycles. The number of hydrogen-bond acceptors (Lipinski definition) is 2. The van der Waals surface area contributed by atoms with Crippen LogP contribution in [0.4, 0.5) is 0 Å². The second-order valence-electron chi connectivity index (χ2n) is 5.33. The number of hydrogen-bond donors (Lipinski definition) is 1. The summed E-state index contributed by atoms with van der Waals surface area (Å²) in [6, 6.07) is 10.9. The minimum absolute atomic E-state index is 0.729. The van der Waals surface area contributed by atoms with Gasteiger partial charge in [-0.15, -0.1) is 0 Å². The number of aromatic nitrogens is 1. The van der Waals surface area contributed by atoms with Crippen LogP contribution in [-0.2, 0) is 6.54 Å². The van der Waals surface area contributed by atoms with E-state index < -0.39 is 0 Å². The van der Waals surface area contributed by atoms with E-state index in [9.17, 15) is 0 Å². The molecule has 19 heavy (non-hydrogen) atoms. The number of rotatable bonds is 4. The molecular formula is C16H19N3. The van der Waals surface area contributed by atoms with Crippen LogP contribution in [0.25, 0.3) is 10.9 Å². The number of nitrogens with one attached hydrogen (secondary N) is 1. The Morgan fingerprint density at radius 3 is 2.89 bits per heavy atom. The Balaban J connectivity index is 1.66. The van der Waals surface area contributed by atoms with Gasteiger partial charge >= 0.3 is 0 Å². The molecule has 0 unspecified atom stereocenters. The van der Waals surface area contributed by atoms with E-state index in [2.05, 4.69) is 28.2 Å². The molecule has 1 fully saturated rings. The topological polar surface area (TPSA) is 40.8 Å². The first-order valence-corrected chi connectivity index (χ1v) is 7.09. The van der Waals surface area contributed by atoms with E-state index >= 15 is 0 Å². The third-order valence-electron chi connectivity index (χ3n) is 4.04. The Hall–Kier alpha value is -1.79. The minimum Gasteiger partial charge on any atom is -0.346 e. The largest absolute Gasteiger partial charge is 0.346 e. The van der Waals surface area contributed by atoms with Gasteiger partial charge in [0.1, 0.15) is 0 Å². The normalized spacial score (nSPS) is 15.9. The van der Waals surface area contributed by atoms with Gasteiger partial charge < -0.3 is 9.88 Å². The van der Waals surface area contributed by atoms with Crippen molar-refractivity contribution in [2.24, 2.45) is 0 Å². The van der Waals surface area contributed by atoms with Crippen LogP contribution >= 0.6 is 0 Å². The SMILES string of the molecule is N#Cc1ccc2c(ccn2CCNC2CCCC2)c1. The molecule has 3 heteroatoms. The molecule has 1 N–H and O–H groups in total. The predicted molar refractivity (Wildman–Crippen MR) is 76.9 cm³/mol. The van der Waals surface area contributed by atoms with Crippen molar-refractivity contribution in [1.29, 1.82) is 5.26 Å². The van der Waals surface area contributed by atoms with E-state index in [1.807, 2.05) is 18.2 Å². The first kappa shape index (κ1) is 12.3. The van der Waals surface area contributed by atoms with Gasteiger partial charge in [-0.3, -0.25) is 0 Å². The highest BCUT2D eigenvalue weighted by Gasteiger charge is 2.13. The molecule has 1 aliphatic rings. The standard InChI is InChI=1S/C16H19N3/c17-12-13-5-6-16-14(11-13)7-9-19(16)10-8-18-15-3-1-2-4-15/h5-7,9,11,15,18H,1-4,8,10H2. The van der Waals surface area contributed by atoms with Crippen LogP contribution in [0.3, 0.4) is 0 Å². The highest BCUT2D eigenvalue weighted by atomic mass is 15.0. The zero-order valence-electron chi connectivity index (χ0n) is 11.1. The zero-order chi connectivity index (χ0) is 13.1. The molecule has 1 aromatic carbocycles. The van der Waals surface area contributed by atoms with Crippen LogP contribution in [0.15, 0.2) is 30.5 Å². The average Bonchev–Trinajstić information content (AvgIpc) is 3.08. The summed E-state index contributed by atoms with van der Waals surface area (Å²) in [5, 5.41) is 13.7. The van der Waals surface area contributed by atoms with E-state index in [0.717, 1.165) is 30.1 Å². The van der Waals surface area contributed by atoms with Gasteiger partial charge in [0.2, 0.25) is 0 Å². The van der Waals surface area contributed by atoms with Crippen molar-refractivity contribution in [1.82, 2.24) is 9.88 Å². The van der Waals surface area contributed by atoms with Gasteiger partial charge in [-0.25, -0.2) is 0 Å². The summed E-state index contributed by atoms with van der Waals surface area (Å²) in [4.78, 5) is 0. The molecular weight excluding hydrogens is 234 g/mol. The second kappa shape index (κ2) is 5.46. The maximum absolute atomic E-state index is 8.90. The average molecular weight is 253 g/mol. The summed E-state index contributed by atoms with van der Waals surface area (Å²) in [5.74, 6) is 0. The van der Waals surface area contributed by atoms with E-state index in [1.165, 1.54) is 31.2 Å². The fraction of sp³-hybridized carbons (Fsp3) is 0.438. The zero-order valence-corrected chi connectivity index (χ0v) is 11.1. The molecule has 0 aliphatic heterocycles. The molecule has 3 nitrogen and oxygen atoms in total. The molecule has 0 radical (unpaired) electrons. The Kier molecular flexibility index (Phi) is 3.52. The Morgan fingerprint density at radius 1 is 1.26 bits per heavy atom. The first-order valence-electron chi connectivity index (χ1n) is 7.09. The van der Waals surface area contributed by atoms with Gasteiger partial charge in [-0.2, -0.15) is 5.26 Å². The Morgan fingerprint density at radius 2 is 2.11 bits per heavy atom. The molecule has 1 aromatic heterocycles. The van der Waals surface area contributed by atoms with E-state index in [1.54, 1.807) is 0 Å². The maximum atomic E-state index is 8.90. The molecule has 1 heterocycles. The number of benzene rings is 1. The fourth-order valence-electron chi connectivity index (χ4n) is 2.98. The van der Waals surface area contributed by atoms with Gasteiger partial charge in [-0.05, 0) is 37.1 Å². The molecule has 0 spiro atoms. The van der Waals surface area contributed by atoms with E-state index in [4.69, 9.17) is 5.26 Å². The van der Waals surface area contributed by atoms with Crippen LogP contribution in [0, 0.1) is 11.3 Å².